The summed E-state index contributed by atoms with van der Waals surface area (Å²) in [6, 6.07) is 16.0. The zero-order chi connectivity index (χ0) is 20.1. The van der Waals surface area contributed by atoms with Crippen LogP contribution in [-0.4, -0.2) is 41.1 Å². The number of rotatable bonds is 8. The van der Waals surface area contributed by atoms with E-state index in [0.717, 1.165) is 41.6 Å². The van der Waals surface area contributed by atoms with Crippen molar-refractivity contribution in [2.24, 2.45) is 0 Å². The normalized spacial score (nSPS) is 16.8. The average Bonchev–Trinajstić information content (AvgIpc) is 3.25. The van der Waals surface area contributed by atoms with Crippen LogP contribution in [0.15, 0.2) is 48.5 Å². The summed E-state index contributed by atoms with van der Waals surface area (Å²) < 4.78 is 0. The number of hydrogen-bond donors (Lipinski definition) is 0. The number of carbonyl (C=O) groups is 2. The molecule has 1 saturated heterocycles. The summed E-state index contributed by atoms with van der Waals surface area (Å²) in [4.78, 5) is 29.6. The summed E-state index contributed by atoms with van der Waals surface area (Å²) in [7, 11) is 0. The summed E-state index contributed by atoms with van der Waals surface area (Å²) in [5.74, 6) is 0.338. The van der Waals surface area contributed by atoms with Crippen LogP contribution in [-0.2, 0) is 24.3 Å². The number of carbonyl (C=O) groups excluding carboxylic acids is 2. The second-order valence-electron chi connectivity index (χ2n) is 8.32. The monoisotopic (exact) mass is 390 g/mol. The topological polar surface area (TPSA) is 40.6 Å². The fraction of sp³-hybridized carbons (Fsp3) is 0.440. The van der Waals surface area contributed by atoms with Crippen LogP contribution in [0.5, 0.6) is 0 Å². The number of Topliss-reactive ketones (excluding diaryl/α,β-unsaturated/α-hetero) is 1. The Balaban J connectivity index is 1.32. The highest BCUT2D eigenvalue weighted by molar-refractivity contribution is 5.96. The third-order valence-electron chi connectivity index (χ3n) is 6.13. The number of ketones is 1. The fourth-order valence-electron chi connectivity index (χ4n) is 4.41. The lowest BCUT2D eigenvalue weighted by Gasteiger charge is -2.29. The first-order chi connectivity index (χ1) is 14.2. The molecule has 2 heterocycles. The molecule has 0 saturated carbocycles. The van der Waals surface area contributed by atoms with Gasteiger partial charge >= 0.3 is 0 Å². The maximum Gasteiger partial charge on any atom is 0.227 e. The van der Waals surface area contributed by atoms with E-state index in [9.17, 15) is 9.59 Å². The number of likely N-dealkylation sites (tertiary alicyclic amines) is 1. The van der Waals surface area contributed by atoms with Crippen molar-refractivity contribution in [2.45, 2.75) is 51.6 Å². The zero-order valence-electron chi connectivity index (χ0n) is 17.1. The van der Waals surface area contributed by atoms with Crippen molar-refractivity contribution in [1.82, 2.24) is 9.80 Å². The molecule has 1 amide bonds. The molecule has 2 aromatic rings. The Morgan fingerprint density at radius 3 is 2.52 bits per heavy atom. The fourth-order valence-corrected chi connectivity index (χ4v) is 4.41. The highest BCUT2D eigenvalue weighted by Crippen LogP contribution is 2.23. The van der Waals surface area contributed by atoms with Crippen LogP contribution < -0.4 is 0 Å². The first-order valence-corrected chi connectivity index (χ1v) is 10.9. The molecule has 2 aromatic carbocycles. The molecule has 1 fully saturated rings. The highest BCUT2D eigenvalue weighted by Gasteiger charge is 2.24. The first-order valence-electron chi connectivity index (χ1n) is 10.9. The molecule has 0 N–H and O–H groups in total. The van der Waals surface area contributed by atoms with Crippen LogP contribution in [0.3, 0.4) is 0 Å². The number of amides is 1. The minimum absolute atomic E-state index is 0.136. The predicted molar refractivity (Wildman–Crippen MR) is 115 cm³/mol. The van der Waals surface area contributed by atoms with Gasteiger partial charge in [0.25, 0.3) is 0 Å². The molecule has 29 heavy (non-hydrogen) atoms. The lowest BCUT2D eigenvalue weighted by atomic mass is 9.94. The Hall–Kier alpha value is -2.46. The molecule has 0 aliphatic carbocycles. The molecule has 0 radical (unpaired) electrons. The van der Waals surface area contributed by atoms with Crippen LogP contribution in [0.25, 0.3) is 0 Å². The van der Waals surface area contributed by atoms with Gasteiger partial charge in [0, 0.05) is 25.1 Å². The number of benzene rings is 2. The Bertz CT molecular complexity index is 856. The highest BCUT2D eigenvalue weighted by atomic mass is 16.2. The third kappa shape index (κ3) is 5.13. The lowest BCUT2D eigenvalue weighted by Crippen LogP contribution is -2.35. The van der Waals surface area contributed by atoms with Gasteiger partial charge in [-0.1, -0.05) is 42.5 Å². The van der Waals surface area contributed by atoms with E-state index in [1.54, 1.807) is 0 Å². The molecule has 0 unspecified atom stereocenters. The molecule has 2 aliphatic heterocycles. The molecule has 0 aromatic heterocycles. The summed E-state index contributed by atoms with van der Waals surface area (Å²) >= 11 is 0. The van der Waals surface area contributed by atoms with Crippen LogP contribution in [0, 0.1) is 0 Å². The minimum Gasteiger partial charge on any atom is -0.334 e. The van der Waals surface area contributed by atoms with Gasteiger partial charge in [-0.25, -0.2) is 0 Å². The van der Waals surface area contributed by atoms with Gasteiger partial charge in [-0.05, 0) is 68.1 Å². The third-order valence-corrected chi connectivity index (χ3v) is 6.13. The molecule has 0 bridgehead atoms. The maximum atomic E-state index is 12.6. The van der Waals surface area contributed by atoms with E-state index in [0.29, 0.717) is 25.9 Å². The van der Waals surface area contributed by atoms with Gasteiger partial charge in [-0.2, -0.15) is 0 Å². The lowest BCUT2D eigenvalue weighted by molar-refractivity contribution is -0.132. The Morgan fingerprint density at radius 1 is 0.931 bits per heavy atom. The van der Waals surface area contributed by atoms with Crippen LogP contribution in [0.4, 0.5) is 0 Å². The average molecular weight is 391 g/mol. The zero-order valence-corrected chi connectivity index (χ0v) is 17.1. The quantitative estimate of drug-likeness (QED) is 0.500. The van der Waals surface area contributed by atoms with Crippen molar-refractivity contribution in [1.29, 1.82) is 0 Å². The van der Waals surface area contributed by atoms with E-state index in [1.165, 1.54) is 25.9 Å². The van der Waals surface area contributed by atoms with Crippen molar-refractivity contribution in [3.63, 3.8) is 0 Å². The van der Waals surface area contributed by atoms with E-state index in [2.05, 4.69) is 4.90 Å². The van der Waals surface area contributed by atoms with Gasteiger partial charge in [-0.3, -0.25) is 9.59 Å². The Kier molecular flexibility index (Phi) is 6.40. The Morgan fingerprint density at radius 2 is 1.72 bits per heavy atom. The number of hydrogen-bond acceptors (Lipinski definition) is 3. The van der Waals surface area contributed by atoms with Gasteiger partial charge in [-0.15, -0.1) is 0 Å². The molecular weight excluding hydrogens is 360 g/mol. The molecule has 0 spiro atoms. The van der Waals surface area contributed by atoms with Gasteiger partial charge in [0.2, 0.25) is 5.91 Å². The molecular formula is C25H30N2O2. The molecule has 4 nitrogen and oxygen atoms in total. The summed E-state index contributed by atoms with van der Waals surface area (Å²) in [6.07, 6.45) is 5.64. The van der Waals surface area contributed by atoms with Crippen molar-refractivity contribution < 1.29 is 9.59 Å². The first kappa shape index (κ1) is 19.8. The van der Waals surface area contributed by atoms with Crippen LogP contribution in [0.2, 0.25) is 0 Å². The molecule has 4 rings (SSSR count). The van der Waals surface area contributed by atoms with Crippen molar-refractivity contribution in [3.8, 4) is 0 Å². The van der Waals surface area contributed by atoms with E-state index in [-0.39, 0.29) is 11.7 Å². The van der Waals surface area contributed by atoms with Gasteiger partial charge < -0.3 is 9.80 Å². The molecule has 2 aliphatic rings. The van der Waals surface area contributed by atoms with Crippen LogP contribution in [0.1, 0.15) is 59.2 Å². The molecule has 152 valence electrons. The second kappa shape index (κ2) is 9.36. The SMILES string of the molecule is O=C(CCCCN1CCCC1)c1ccc2c(c1)CC(=O)N(Cc1ccccc1)C2. The van der Waals surface area contributed by atoms with E-state index >= 15 is 0 Å². The molecule has 4 heteroatoms. The maximum absolute atomic E-state index is 12.6. The predicted octanol–water partition coefficient (Wildman–Crippen LogP) is 4.22. The summed E-state index contributed by atoms with van der Waals surface area (Å²) in [6.45, 7) is 4.80. The largest absolute Gasteiger partial charge is 0.334 e. The minimum atomic E-state index is 0.136. The van der Waals surface area contributed by atoms with Crippen molar-refractivity contribution in [2.75, 3.05) is 19.6 Å². The van der Waals surface area contributed by atoms with Gasteiger partial charge in [0.05, 0.1) is 6.42 Å². The van der Waals surface area contributed by atoms with Gasteiger partial charge in [0.1, 0.15) is 0 Å². The van der Waals surface area contributed by atoms with E-state index in [1.807, 2.05) is 53.4 Å². The van der Waals surface area contributed by atoms with E-state index < -0.39 is 0 Å². The Labute approximate surface area is 173 Å². The standard InChI is InChI=1S/C25H30N2O2/c28-24(10-4-5-13-26-14-6-7-15-26)21-11-12-22-19-27(25(29)17-23(22)16-21)18-20-8-2-1-3-9-20/h1-3,8-9,11-12,16H,4-7,10,13-15,17-19H2. The summed E-state index contributed by atoms with van der Waals surface area (Å²) in [5.41, 5.74) is 4.08. The van der Waals surface area contributed by atoms with E-state index in [4.69, 9.17) is 0 Å². The smallest absolute Gasteiger partial charge is 0.227 e. The number of unbranched alkanes of at least 4 members (excludes halogenated alkanes) is 1. The number of nitrogens with zero attached hydrogens (tertiary/aromatic N) is 2. The van der Waals surface area contributed by atoms with Gasteiger partial charge in [0.15, 0.2) is 5.78 Å². The van der Waals surface area contributed by atoms with Crippen molar-refractivity contribution >= 4 is 11.7 Å². The van der Waals surface area contributed by atoms with Crippen molar-refractivity contribution in [3.05, 3.63) is 70.8 Å². The summed E-state index contributed by atoms with van der Waals surface area (Å²) in [5, 5.41) is 0. The second-order valence-corrected chi connectivity index (χ2v) is 8.32. The van der Waals surface area contributed by atoms with Crippen LogP contribution >= 0.6 is 0 Å². The number of fused-ring (bicyclic) bond motifs is 1. The molecule has 0 atom stereocenters.